The summed E-state index contributed by atoms with van der Waals surface area (Å²) in [6.07, 6.45) is 1.98. The van der Waals surface area contributed by atoms with Crippen molar-refractivity contribution in [1.29, 1.82) is 0 Å². The number of aryl methyl sites for hydroxylation is 2. The Kier molecular flexibility index (Phi) is 5.29. The maximum Gasteiger partial charge on any atom is 0.293 e. The van der Waals surface area contributed by atoms with E-state index in [2.05, 4.69) is 25.2 Å². The van der Waals surface area contributed by atoms with Gasteiger partial charge in [0, 0.05) is 22.1 Å². The van der Waals surface area contributed by atoms with Gasteiger partial charge in [-0.2, -0.15) is 0 Å². The van der Waals surface area contributed by atoms with Gasteiger partial charge in [-0.15, -0.1) is 11.3 Å². The molecule has 1 N–H and O–H groups in total. The number of thiophene rings is 1. The van der Waals surface area contributed by atoms with Gasteiger partial charge in [-0.3, -0.25) is 10.1 Å². The van der Waals surface area contributed by atoms with Crippen LogP contribution in [0.25, 0.3) is 0 Å². The Hall–Kier alpha value is -1.93. The van der Waals surface area contributed by atoms with Crippen LogP contribution in [-0.4, -0.2) is 19.6 Å². The molecule has 1 aromatic heterocycles. The summed E-state index contributed by atoms with van der Waals surface area (Å²) in [6.45, 7) is 6.07. The summed E-state index contributed by atoms with van der Waals surface area (Å²) in [5.74, 6) is 0. The van der Waals surface area contributed by atoms with Crippen molar-refractivity contribution in [2.45, 2.75) is 38.1 Å². The van der Waals surface area contributed by atoms with Gasteiger partial charge in [-0.1, -0.05) is 6.92 Å². The number of nitro groups is 1. The lowest BCUT2D eigenvalue weighted by Gasteiger charge is -2.14. The molecular formula is C16H20N2O4S2. The van der Waals surface area contributed by atoms with Crippen molar-refractivity contribution in [3.05, 3.63) is 49.7 Å². The van der Waals surface area contributed by atoms with Crippen molar-refractivity contribution in [2.24, 2.45) is 0 Å². The summed E-state index contributed by atoms with van der Waals surface area (Å²) in [5, 5.41) is 14.4. The summed E-state index contributed by atoms with van der Waals surface area (Å²) in [5.41, 5.74) is 1.28. The van der Waals surface area contributed by atoms with Gasteiger partial charge in [0.1, 0.15) is 5.69 Å². The standard InChI is InChI=1S/C16H20N2O4S2/c1-5-15-10(2)8-16(23-15)11(3)17-13-7-6-12(24(4,21)22)9-14(13)18(19)20/h6-9,11,17H,5H2,1-4H3. The summed E-state index contributed by atoms with van der Waals surface area (Å²) >= 11 is 1.68. The lowest BCUT2D eigenvalue weighted by Crippen LogP contribution is -2.08. The fourth-order valence-corrected chi connectivity index (χ4v) is 4.19. The fraction of sp³-hybridized carbons (Fsp3) is 0.375. The van der Waals surface area contributed by atoms with Crippen LogP contribution in [-0.2, 0) is 16.3 Å². The average molecular weight is 368 g/mol. The van der Waals surface area contributed by atoms with Crippen molar-refractivity contribution in [2.75, 3.05) is 11.6 Å². The molecule has 0 saturated carbocycles. The van der Waals surface area contributed by atoms with E-state index in [9.17, 15) is 18.5 Å². The van der Waals surface area contributed by atoms with Crippen LogP contribution in [0.3, 0.4) is 0 Å². The zero-order chi connectivity index (χ0) is 18.1. The highest BCUT2D eigenvalue weighted by Crippen LogP contribution is 2.33. The Bertz CT molecular complexity index is 872. The van der Waals surface area contributed by atoms with Gasteiger partial charge < -0.3 is 5.32 Å². The monoisotopic (exact) mass is 368 g/mol. The molecule has 0 fully saturated rings. The first-order chi connectivity index (χ1) is 11.1. The number of nitrogens with zero attached hydrogens (tertiary/aromatic N) is 1. The largest absolute Gasteiger partial charge is 0.372 e. The minimum Gasteiger partial charge on any atom is -0.372 e. The summed E-state index contributed by atoms with van der Waals surface area (Å²) in [7, 11) is -3.49. The SMILES string of the molecule is CCc1sc(C(C)Nc2ccc(S(C)(=O)=O)cc2[N+](=O)[O-])cc1C. The molecule has 0 amide bonds. The molecule has 1 aromatic carbocycles. The lowest BCUT2D eigenvalue weighted by atomic mass is 10.2. The Morgan fingerprint density at radius 3 is 2.50 bits per heavy atom. The Labute approximate surface area is 145 Å². The first kappa shape index (κ1) is 18.4. The highest BCUT2D eigenvalue weighted by atomic mass is 32.2. The van der Waals surface area contributed by atoms with E-state index in [4.69, 9.17) is 0 Å². The van der Waals surface area contributed by atoms with Crippen molar-refractivity contribution < 1.29 is 13.3 Å². The third-order valence-electron chi connectivity index (χ3n) is 3.75. The van der Waals surface area contributed by atoms with E-state index in [-0.39, 0.29) is 16.6 Å². The topological polar surface area (TPSA) is 89.3 Å². The van der Waals surface area contributed by atoms with E-state index in [1.54, 1.807) is 11.3 Å². The smallest absolute Gasteiger partial charge is 0.293 e. The Balaban J connectivity index is 2.36. The van der Waals surface area contributed by atoms with Crippen LogP contribution in [0.5, 0.6) is 0 Å². The molecular weight excluding hydrogens is 348 g/mol. The van der Waals surface area contributed by atoms with Crippen LogP contribution >= 0.6 is 11.3 Å². The molecule has 2 aromatic rings. The number of sulfone groups is 1. The van der Waals surface area contributed by atoms with Crippen molar-refractivity contribution in [1.82, 2.24) is 0 Å². The fourth-order valence-electron chi connectivity index (χ4n) is 2.43. The number of nitro benzene ring substituents is 1. The minimum atomic E-state index is -3.49. The summed E-state index contributed by atoms with van der Waals surface area (Å²) < 4.78 is 23.2. The molecule has 130 valence electrons. The van der Waals surface area contributed by atoms with Gasteiger partial charge in [0.2, 0.25) is 0 Å². The Morgan fingerprint density at radius 1 is 1.33 bits per heavy atom. The third kappa shape index (κ3) is 3.93. The first-order valence-electron chi connectivity index (χ1n) is 7.47. The number of hydrogen-bond donors (Lipinski definition) is 1. The number of rotatable bonds is 6. The summed E-state index contributed by atoms with van der Waals surface area (Å²) in [4.78, 5) is 13.0. The van der Waals surface area contributed by atoms with Crippen LogP contribution in [0.4, 0.5) is 11.4 Å². The second-order valence-electron chi connectivity index (χ2n) is 5.68. The van der Waals surface area contributed by atoms with Crippen molar-refractivity contribution in [3.63, 3.8) is 0 Å². The summed E-state index contributed by atoms with van der Waals surface area (Å²) in [6, 6.07) is 5.90. The molecule has 0 bridgehead atoms. The van der Waals surface area contributed by atoms with E-state index in [0.717, 1.165) is 23.6 Å². The molecule has 0 radical (unpaired) electrons. The maximum absolute atomic E-state index is 11.6. The van der Waals surface area contributed by atoms with Gasteiger partial charge in [-0.25, -0.2) is 8.42 Å². The predicted octanol–water partition coefficient (Wildman–Crippen LogP) is 4.10. The molecule has 1 atom stereocenters. The average Bonchev–Trinajstić information content (AvgIpc) is 2.87. The number of nitrogens with one attached hydrogen (secondary N) is 1. The van der Waals surface area contributed by atoms with Gasteiger partial charge in [0.15, 0.2) is 9.84 Å². The second-order valence-corrected chi connectivity index (χ2v) is 8.87. The highest BCUT2D eigenvalue weighted by Gasteiger charge is 2.21. The van der Waals surface area contributed by atoms with Crippen molar-refractivity contribution >= 4 is 32.5 Å². The van der Waals surface area contributed by atoms with E-state index in [1.165, 1.54) is 22.6 Å². The van der Waals surface area contributed by atoms with E-state index in [0.29, 0.717) is 5.69 Å². The normalized spacial score (nSPS) is 12.8. The van der Waals surface area contributed by atoms with Crippen LogP contribution in [0.2, 0.25) is 0 Å². The molecule has 24 heavy (non-hydrogen) atoms. The van der Waals surface area contributed by atoms with Crippen LogP contribution in [0, 0.1) is 17.0 Å². The molecule has 1 heterocycles. The van der Waals surface area contributed by atoms with Crippen LogP contribution in [0.15, 0.2) is 29.2 Å². The van der Waals surface area contributed by atoms with Gasteiger partial charge >= 0.3 is 0 Å². The number of hydrogen-bond acceptors (Lipinski definition) is 6. The first-order valence-corrected chi connectivity index (χ1v) is 10.2. The van der Waals surface area contributed by atoms with E-state index in [1.807, 2.05) is 6.92 Å². The van der Waals surface area contributed by atoms with E-state index < -0.39 is 14.8 Å². The maximum atomic E-state index is 11.6. The lowest BCUT2D eigenvalue weighted by molar-refractivity contribution is -0.384. The van der Waals surface area contributed by atoms with Crippen molar-refractivity contribution in [3.8, 4) is 0 Å². The molecule has 2 rings (SSSR count). The van der Waals surface area contributed by atoms with E-state index >= 15 is 0 Å². The molecule has 1 unspecified atom stereocenters. The molecule has 0 saturated heterocycles. The molecule has 0 aliphatic rings. The van der Waals surface area contributed by atoms with Crippen LogP contribution in [0.1, 0.15) is 35.2 Å². The molecule has 0 spiro atoms. The Morgan fingerprint density at radius 2 is 2.00 bits per heavy atom. The third-order valence-corrected chi connectivity index (χ3v) is 6.43. The van der Waals surface area contributed by atoms with Gasteiger partial charge in [0.25, 0.3) is 5.69 Å². The zero-order valence-corrected chi connectivity index (χ0v) is 15.6. The van der Waals surface area contributed by atoms with Gasteiger partial charge in [-0.05, 0) is 44.0 Å². The molecule has 0 aliphatic heterocycles. The predicted molar refractivity (Wildman–Crippen MR) is 96.7 cm³/mol. The second kappa shape index (κ2) is 6.90. The molecule has 0 aliphatic carbocycles. The number of benzene rings is 1. The minimum absolute atomic E-state index is 0.0624. The molecule has 8 heteroatoms. The zero-order valence-electron chi connectivity index (χ0n) is 14.0. The quantitative estimate of drug-likeness (QED) is 0.612. The van der Waals surface area contributed by atoms with Crippen LogP contribution < -0.4 is 5.32 Å². The van der Waals surface area contributed by atoms with Gasteiger partial charge in [0.05, 0.1) is 15.9 Å². The number of anilines is 1. The molecule has 6 nitrogen and oxygen atoms in total. The highest BCUT2D eigenvalue weighted by molar-refractivity contribution is 7.90.